The summed E-state index contributed by atoms with van der Waals surface area (Å²) in [5.74, 6) is 0.153. The minimum absolute atomic E-state index is 0.0744. The molecule has 1 amide bonds. The number of sulfonamides is 1. The van der Waals surface area contributed by atoms with Gasteiger partial charge >= 0.3 is 0 Å². The lowest BCUT2D eigenvalue weighted by atomic mass is 10.2. The molecule has 2 rings (SSSR count). The summed E-state index contributed by atoms with van der Waals surface area (Å²) in [5.41, 5.74) is 1.99. The normalized spacial score (nSPS) is 11.0. The molecule has 0 aliphatic carbocycles. The number of ether oxygens (including phenoxy) is 1. The van der Waals surface area contributed by atoms with Crippen molar-refractivity contribution < 1.29 is 17.9 Å². The number of hydrogen-bond donors (Lipinski definition) is 2. The molecular formula is C18H23N3O4S. The highest BCUT2D eigenvalue weighted by Gasteiger charge is 2.15. The third kappa shape index (κ3) is 5.47. The Morgan fingerprint density at radius 3 is 2.19 bits per heavy atom. The minimum Gasteiger partial charge on any atom is -0.497 e. The molecule has 0 saturated carbocycles. The van der Waals surface area contributed by atoms with Gasteiger partial charge in [-0.2, -0.15) is 0 Å². The van der Waals surface area contributed by atoms with Crippen molar-refractivity contribution in [2.45, 2.75) is 11.4 Å². The molecule has 2 N–H and O–H groups in total. The van der Waals surface area contributed by atoms with Crippen molar-refractivity contribution >= 4 is 21.6 Å². The van der Waals surface area contributed by atoms with Gasteiger partial charge in [-0.1, -0.05) is 12.1 Å². The molecule has 26 heavy (non-hydrogen) atoms. The van der Waals surface area contributed by atoms with Gasteiger partial charge in [0.1, 0.15) is 5.75 Å². The van der Waals surface area contributed by atoms with Crippen molar-refractivity contribution in [2.75, 3.05) is 32.6 Å². The lowest BCUT2D eigenvalue weighted by molar-refractivity contribution is -0.120. The molecule has 0 unspecified atom stereocenters. The standard InChI is InChI=1S/C18H23N3O4S/c1-21(2)15-6-4-14(5-7-15)12-19-18(22)13-20-26(23,24)17-10-8-16(25-3)9-11-17/h4-11,20H,12-13H2,1-3H3,(H,19,22). The van der Waals surface area contributed by atoms with Crippen LogP contribution in [0.1, 0.15) is 5.56 Å². The first-order valence-corrected chi connectivity index (χ1v) is 9.47. The lowest BCUT2D eigenvalue weighted by Crippen LogP contribution is -2.36. The van der Waals surface area contributed by atoms with Crippen molar-refractivity contribution in [1.82, 2.24) is 10.0 Å². The van der Waals surface area contributed by atoms with E-state index < -0.39 is 15.9 Å². The quantitative estimate of drug-likeness (QED) is 0.725. The van der Waals surface area contributed by atoms with Gasteiger partial charge in [0.05, 0.1) is 18.6 Å². The van der Waals surface area contributed by atoms with Gasteiger partial charge in [0, 0.05) is 26.3 Å². The van der Waals surface area contributed by atoms with Crippen LogP contribution in [-0.4, -0.2) is 42.1 Å². The Labute approximate surface area is 154 Å². The number of nitrogens with one attached hydrogen (secondary N) is 2. The fourth-order valence-corrected chi connectivity index (χ4v) is 3.16. The maximum absolute atomic E-state index is 12.2. The molecular weight excluding hydrogens is 354 g/mol. The number of hydrogen-bond acceptors (Lipinski definition) is 5. The van der Waals surface area contributed by atoms with Crippen molar-refractivity contribution in [2.24, 2.45) is 0 Å². The first kappa shape index (κ1) is 19.7. The van der Waals surface area contributed by atoms with Crippen LogP contribution < -0.4 is 19.7 Å². The molecule has 0 aliphatic rings. The number of amides is 1. The summed E-state index contributed by atoms with van der Waals surface area (Å²) in [7, 11) is 1.65. The molecule has 0 spiro atoms. The van der Waals surface area contributed by atoms with E-state index in [0.29, 0.717) is 12.3 Å². The molecule has 8 heteroatoms. The van der Waals surface area contributed by atoms with Crippen LogP contribution in [0, 0.1) is 0 Å². The van der Waals surface area contributed by atoms with Crippen LogP contribution in [0.3, 0.4) is 0 Å². The van der Waals surface area contributed by atoms with Crippen molar-refractivity contribution in [1.29, 1.82) is 0 Å². The van der Waals surface area contributed by atoms with E-state index >= 15 is 0 Å². The first-order chi connectivity index (χ1) is 12.3. The largest absolute Gasteiger partial charge is 0.497 e. The van der Waals surface area contributed by atoms with Gasteiger partial charge in [-0.3, -0.25) is 4.79 Å². The summed E-state index contributed by atoms with van der Waals surface area (Å²) in [4.78, 5) is 14.0. The number of carbonyl (C=O) groups excluding carboxylic acids is 1. The van der Waals surface area contributed by atoms with Crippen LogP contribution in [0.25, 0.3) is 0 Å². The topological polar surface area (TPSA) is 87.7 Å². The lowest BCUT2D eigenvalue weighted by Gasteiger charge is -2.13. The smallest absolute Gasteiger partial charge is 0.241 e. The van der Waals surface area contributed by atoms with Crippen LogP contribution in [0.2, 0.25) is 0 Å². The number of carbonyl (C=O) groups is 1. The van der Waals surface area contributed by atoms with Crippen LogP contribution in [0.15, 0.2) is 53.4 Å². The molecule has 2 aromatic rings. The Bertz CT molecular complexity index is 832. The zero-order valence-electron chi connectivity index (χ0n) is 15.0. The molecule has 0 radical (unpaired) electrons. The van der Waals surface area contributed by atoms with Gasteiger partial charge in [0.2, 0.25) is 15.9 Å². The van der Waals surface area contributed by atoms with E-state index in [0.717, 1.165) is 11.3 Å². The third-order valence-electron chi connectivity index (χ3n) is 3.73. The maximum Gasteiger partial charge on any atom is 0.241 e. The van der Waals surface area contributed by atoms with Gasteiger partial charge in [0.25, 0.3) is 0 Å². The van der Waals surface area contributed by atoms with E-state index in [1.165, 1.54) is 19.2 Å². The molecule has 7 nitrogen and oxygen atoms in total. The summed E-state index contributed by atoms with van der Waals surface area (Å²) in [6.07, 6.45) is 0. The predicted octanol–water partition coefficient (Wildman–Crippen LogP) is 1.36. The number of rotatable bonds is 8. The Balaban J connectivity index is 1.85. The van der Waals surface area contributed by atoms with Gasteiger partial charge < -0.3 is 15.0 Å². The van der Waals surface area contributed by atoms with Crippen molar-refractivity contribution in [3.05, 3.63) is 54.1 Å². The van der Waals surface area contributed by atoms with Crippen LogP contribution in [-0.2, 0) is 21.4 Å². The summed E-state index contributed by atoms with van der Waals surface area (Å²) in [6, 6.07) is 13.7. The molecule has 0 atom stereocenters. The number of anilines is 1. The van der Waals surface area contributed by atoms with Gasteiger partial charge in [-0.15, -0.1) is 0 Å². The second kappa shape index (κ2) is 8.68. The molecule has 0 fully saturated rings. The average molecular weight is 377 g/mol. The highest BCUT2D eigenvalue weighted by Crippen LogP contribution is 2.15. The average Bonchev–Trinajstić information content (AvgIpc) is 2.65. The van der Waals surface area contributed by atoms with E-state index in [4.69, 9.17) is 4.74 Å². The Hall–Kier alpha value is -2.58. The third-order valence-corrected chi connectivity index (χ3v) is 5.15. The van der Waals surface area contributed by atoms with Gasteiger partial charge in [-0.05, 0) is 42.0 Å². The van der Waals surface area contributed by atoms with Crippen molar-refractivity contribution in [3.8, 4) is 5.75 Å². The summed E-state index contributed by atoms with van der Waals surface area (Å²) >= 11 is 0. The Morgan fingerprint density at radius 1 is 1.04 bits per heavy atom. The van der Waals surface area contributed by atoms with E-state index in [9.17, 15) is 13.2 Å². The maximum atomic E-state index is 12.2. The second-order valence-electron chi connectivity index (χ2n) is 5.84. The Kier molecular flexibility index (Phi) is 6.59. The van der Waals surface area contributed by atoms with Gasteiger partial charge in [-0.25, -0.2) is 13.1 Å². The fourth-order valence-electron chi connectivity index (χ4n) is 2.17. The monoisotopic (exact) mass is 377 g/mol. The van der Waals surface area contributed by atoms with Crippen molar-refractivity contribution in [3.63, 3.8) is 0 Å². The SMILES string of the molecule is COc1ccc(S(=O)(=O)NCC(=O)NCc2ccc(N(C)C)cc2)cc1. The minimum atomic E-state index is -3.75. The molecule has 0 aliphatic heterocycles. The highest BCUT2D eigenvalue weighted by molar-refractivity contribution is 7.89. The van der Waals surface area contributed by atoms with E-state index in [1.807, 2.05) is 43.3 Å². The number of methoxy groups -OCH3 is 1. The zero-order chi connectivity index (χ0) is 19.2. The van der Waals surface area contributed by atoms with E-state index in [2.05, 4.69) is 10.0 Å². The fraction of sp³-hybridized carbons (Fsp3) is 0.278. The van der Waals surface area contributed by atoms with Crippen LogP contribution in [0.4, 0.5) is 5.69 Å². The summed E-state index contributed by atoms with van der Waals surface area (Å²) in [6.45, 7) is 0.000942. The molecule has 0 saturated heterocycles. The highest BCUT2D eigenvalue weighted by atomic mass is 32.2. The molecule has 2 aromatic carbocycles. The first-order valence-electron chi connectivity index (χ1n) is 7.98. The van der Waals surface area contributed by atoms with Crippen LogP contribution >= 0.6 is 0 Å². The number of benzene rings is 2. The molecule has 0 heterocycles. The molecule has 0 bridgehead atoms. The van der Waals surface area contributed by atoms with Crippen LogP contribution in [0.5, 0.6) is 5.75 Å². The predicted molar refractivity (Wildman–Crippen MR) is 101 cm³/mol. The van der Waals surface area contributed by atoms with E-state index in [1.54, 1.807) is 12.1 Å². The molecule has 0 aromatic heterocycles. The summed E-state index contributed by atoms with van der Waals surface area (Å²) in [5, 5.41) is 2.69. The zero-order valence-corrected chi connectivity index (χ0v) is 15.8. The second-order valence-corrected chi connectivity index (χ2v) is 7.60. The Morgan fingerprint density at radius 2 is 1.65 bits per heavy atom. The number of nitrogens with zero attached hydrogens (tertiary/aromatic N) is 1. The van der Waals surface area contributed by atoms with Gasteiger partial charge in [0.15, 0.2) is 0 Å². The summed E-state index contributed by atoms with van der Waals surface area (Å²) < 4.78 is 31.6. The molecule has 140 valence electrons. The van der Waals surface area contributed by atoms with E-state index in [-0.39, 0.29) is 11.4 Å².